The summed E-state index contributed by atoms with van der Waals surface area (Å²) in [5, 5.41) is 7.04. The lowest BCUT2D eigenvalue weighted by molar-refractivity contribution is 0.394. The summed E-state index contributed by atoms with van der Waals surface area (Å²) in [6.07, 6.45) is 5.46. The third-order valence-electron chi connectivity index (χ3n) is 6.01. The molecule has 178 valence electrons. The molecule has 2 aromatic rings. The quantitative estimate of drug-likeness (QED) is 0.232. The number of guanidine groups is 1. The van der Waals surface area contributed by atoms with Gasteiger partial charge in [-0.15, -0.1) is 24.0 Å². The Morgan fingerprint density at radius 1 is 1.00 bits per heavy atom. The molecule has 4 rings (SSSR count). The Bertz CT molecular complexity index is 951. The molecular weight excluding hydrogens is 529 g/mol. The predicted octanol–water partition coefficient (Wildman–Crippen LogP) is 3.64. The Kier molecular flexibility index (Phi) is 9.11. The monoisotopic (exact) mass is 563 g/mol. The van der Waals surface area contributed by atoms with Crippen LogP contribution in [0.1, 0.15) is 12.0 Å². The van der Waals surface area contributed by atoms with E-state index in [0.29, 0.717) is 6.04 Å². The summed E-state index contributed by atoms with van der Waals surface area (Å²) < 4.78 is 10.8. The van der Waals surface area contributed by atoms with Crippen LogP contribution in [0.25, 0.3) is 0 Å². The van der Waals surface area contributed by atoms with Gasteiger partial charge in [0.2, 0.25) is 0 Å². The lowest BCUT2D eigenvalue weighted by Crippen LogP contribution is -2.44. The van der Waals surface area contributed by atoms with Crippen LogP contribution >= 0.6 is 24.0 Å². The normalized spacial score (nSPS) is 17.7. The van der Waals surface area contributed by atoms with E-state index in [0.717, 1.165) is 62.3 Å². The van der Waals surface area contributed by atoms with Gasteiger partial charge in [0.15, 0.2) is 5.96 Å². The van der Waals surface area contributed by atoms with Crippen molar-refractivity contribution in [3.05, 3.63) is 60.2 Å². The number of benzene rings is 2. The molecule has 33 heavy (non-hydrogen) atoms. The molecule has 1 saturated heterocycles. The fraction of sp³-hybridized carbons (Fsp3) is 0.400. The van der Waals surface area contributed by atoms with Crippen LogP contribution in [-0.4, -0.2) is 59.4 Å². The van der Waals surface area contributed by atoms with Gasteiger partial charge < -0.3 is 29.9 Å². The van der Waals surface area contributed by atoms with Gasteiger partial charge in [-0.1, -0.05) is 24.3 Å². The fourth-order valence-corrected chi connectivity index (χ4v) is 4.21. The molecule has 2 N–H and O–H groups in total. The third-order valence-corrected chi connectivity index (χ3v) is 6.01. The number of methoxy groups -OCH3 is 2. The molecule has 2 heterocycles. The van der Waals surface area contributed by atoms with Crippen molar-refractivity contribution < 1.29 is 9.47 Å². The minimum Gasteiger partial charge on any atom is -0.497 e. The van der Waals surface area contributed by atoms with Gasteiger partial charge in [0.1, 0.15) is 11.5 Å². The number of hydrogen-bond donors (Lipinski definition) is 2. The van der Waals surface area contributed by atoms with Crippen LogP contribution < -0.4 is 29.9 Å². The summed E-state index contributed by atoms with van der Waals surface area (Å²) in [4.78, 5) is 9.14. The Morgan fingerprint density at radius 2 is 1.73 bits per heavy atom. The summed E-state index contributed by atoms with van der Waals surface area (Å²) in [5.74, 6) is 2.44. The lowest BCUT2D eigenvalue weighted by atomic mass is 10.2. The minimum absolute atomic E-state index is 0. The standard InChI is InChI=1S/C25H33N5O2.HI/c1-26-25(27-17-19-7-6-8-21(13-19)29-10-4-5-11-29)28-20-9-12-30(18-20)22-14-23(31-2)16-24(15-22)32-3;/h4-8,13-16,20H,9-12,17-18H2,1-3H3,(H2,26,27,28);1H. The average Bonchev–Trinajstić information content (AvgIpc) is 3.54. The molecule has 8 heteroatoms. The van der Waals surface area contributed by atoms with E-state index in [1.54, 1.807) is 14.2 Å². The summed E-state index contributed by atoms with van der Waals surface area (Å²) >= 11 is 0. The maximum absolute atomic E-state index is 5.42. The van der Waals surface area contributed by atoms with E-state index >= 15 is 0 Å². The molecule has 2 aliphatic heterocycles. The second-order valence-electron chi connectivity index (χ2n) is 8.12. The molecule has 0 radical (unpaired) electrons. The number of anilines is 2. The van der Waals surface area contributed by atoms with Gasteiger partial charge in [-0.25, -0.2) is 0 Å². The molecule has 7 nitrogen and oxygen atoms in total. The van der Waals surface area contributed by atoms with Gasteiger partial charge >= 0.3 is 0 Å². The van der Waals surface area contributed by atoms with E-state index in [9.17, 15) is 0 Å². The Labute approximate surface area is 213 Å². The van der Waals surface area contributed by atoms with Gasteiger partial charge in [0.25, 0.3) is 0 Å². The molecule has 0 bridgehead atoms. The fourth-order valence-electron chi connectivity index (χ4n) is 4.21. The van der Waals surface area contributed by atoms with Gasteiger partial charge in [0, 0.05) is 75.4 Å². The first kappa shape index (κ1) is 25.0. The maximum Gasteiger partial charge on any atom is 0.191 e. The first-order valence-electron chi connectivity index (χ1n) is 11.1. The number of nitrogens with zero attached hydrogens (tertiary/aromatic N) is 3. The van der Waals surface area contributed by atoms with Crippen molar-refractivity contribution >= 4 is 41.3 Å². The van der Waals surface area contributed by atoms with E-state index in [2.05, 4.69) is 74.0 Å². The molecule has 0 spiro atoms. The van der Waals surface area contributed by atoms with Crippen LogP contribution in [-0.2, 0) is 6.54 Å². The molecular formula is C25H34IN5O2. The number of rotatable bonds is 7. The number of ether oxygens (including phenoxy) is 2. The molecule has 0 aliphatic carbocycles. The first-order valence-corrected chi connectivity index (χ1v) is 11.1. The molecule has 2 aliphatic rings. The maximum atomic E-state index is 5.42. The number of hydrogen-bond acceptors (Lipinski definition) is 5. The zero-order valence-corrected chi connectivity index (χ0v) is 21.9. The molecule has 2 aromatic carbocycles. The van der Waals surface area contributed by atoms with Gasteiger partial charge in [-0.3, -0.25) is 4.99 Å². The van der Waals surface area contributed by atoms with Crippen LogP contribution in [0.4, 0.5) is 11.4 Å². The van der Waals surface area contributed by atoms with Crippen LogP contribution in [0.15, 0.2) is 59.6 Å². The van der Waals surface area contributed by atoms with E-state index in [4.69, 9.17) is 9.47 Å². The Balaban J connectivity index is 0.00000306. The molecule has 0 amide bonds. The highest BCUT2D eigenvalue weighted by Crippen LogP contribution is 2.30. The zero-order valence-electron chi connectivity index (χ0n) is 19.6. The van der Waals surface area contributed by atoms with E-state index < -0.39 is 0 Å². The molecule has 0 aromatic heterocycles. The second-order valence-corrected chi connectivity index (χ2v) is 8.12. The van der Waals surface area contributed by atoms with Crippen molar-refractivity contribution in [2.45, 2.75) is 19.0 Å². The largest absolute Gasteiger partial charge is 0.497 e. The molecule has 1 fully saturated rings. The van der Waals surface area contributed by atoms with Crippen LogP contribution in [0.5, 0.6) is 11.5 Å². The van der Waals surface area contributed by atoms with Crippen LogP contribution in [0, 0.1) is 0 Å². The van der Waals surface area contributed by atoms with Crippen molar-refractivity contribution in [2.24, 2.45) is 4.99 Å². The van der Waals surface area contributed by atoms with Gasteiger partial charge in [-0.2, -0.15) is 0 Å². The molecule has 1 atom stereocenters. The number of nitrogens with one attached hydrogen (secondary N) is 2. The lowest BCUT2D eigenvalue weighted by Gasteiger charge is -2.22. The van der Waals surface area contributed by atoms with E-state index in [1.807, 2.05) is 13.1 Å². The smallest absolute Gasteiger partial charge is 0.191 e. The Morgan fingerprint density at radius 3 is 2.39 bits per heavy atom. The highest BCUT2D eigenvalue weighted by molar-refractivity contribution is 14.0. The van der Waals surface area contributed by atoms with Gasteiger partial charge in [-0.05, 0) is 24.1 Å². The van der Waals surface area contributed by atoms with Crippen molar-refractivity contribution in [1.29, 1.82) is 0 Å². The van der Waals surface area contributed by atoms with Crippen molar-refractivity contribution in [3.8, 4) is 11.5 Å². The highest BCUT2D eigenvalue weighted by atomic mass is 127. The van der Waals surface area contributed by atoms with Crippen LogP contribution in [0.2, 0.25) is 0 Å². The summed E-state index contributed by atoms with van der Waals surface area (Å²) in [6, 6.07) is 15.0. The summed E-state index contributed by atoms with van der Waals surface area (Å²) in [7, 11) is 5.18. The van der Waals surface area contributed by atoms with E-state index in [1.165, 1.54) is 11.3 Å². The molecule has 1 unspecified atom stereocenters. The van der Waals surface area contributed by atoms with Crippen molar-refractivity contribution in [2.75, 3.05) is 57.2 Å². The first-order chi connectivity index (χ1) is 15.7. The number of halogens is 1. The van der Waals surface area contributed by atoms with Gasteiger partial charge in [0.05, 0.1) is 14.2 Å². The third kappa shape index (κ3) is 6.46. The number of aliphatic imine (C=N–C) groups is 1. The van der Waals surface area contributed by atoms with Crippen molar-refractivity contribution in [1.82, 2.24) is 10.6 Å². The zero-order chi connectivity index (χ0) is 22.3. The highest BCUT2D eigenvalue weighted by Gasteiger charge is 2.24. The Hall–Kier alpha value is -2.62. The van der Waals surface area contributed by atoms with Crippen LogP contribution in [0.3, 0.4) is 0 Å². The SMILES string of the molecule is CN=C(NCc1cccc(N2CC=CC2)c1)NC1CCN(c2cc(OC)cc(OC)c2)C1.I. The summed E-state index contributed by atoms with van der Waals surface area (Å²) in [5.41, 5.74) is 3.62. The van der Waals surface area contributed by atoms with E-state index in [-0.39, 0.29) is 24.0 Å². The average molecular weight is 563 g/mol. The minimum atomic E-state index is 0. The van der Waals surface area contributed by atoms with Crippen molar-refractivity contribution in [3.63, 3.8) is 0 Å². The summed E-state index contributed by atoms with van der Waals surface area (Å²) in [6.45, 7) is 4.57. The predicted molar refractivity (Wildman–Crippen MR) is 147 cm³/mol. The second kappa shape index (κ2) is 12.0. The molecule has 0 saturated carbocycles. The topological polar surface area (TPSA) is 61.4 Å².